The number of carbonyl (C=O) groups excluding carboxylic acids is 2. The number of ether oxygens (including phenoxy) is 1. The van der Waals surface area contributed by atoms with E-state index in [2.05, 4.69) is 20.4 Å². The van der Waals surface area contributed by atoms with Crippen LogP contribution in [0.1, 0.15) is 29.1 Å². The molecule has 3 heterocycles. The monoisotopic (exact) mass is 509 g/mol. The molecule has 9 nitrogen and oxygen atoms in total. The van der Waals surface area contributed by atoms with Crippen molar-refractivity contribution in [3.63, 3.8) is 0 Å². The lowest BCUT2D eigenvalue weighted by molar-refractivity contribution is -0.121. The van der Waals surface area contributed by atoms with E-state index >= 15 is 0 Å². The Morgan fingerprint density at radius 2 is 1.83 bits per heavy atom. The molecular weight excluding hydrogens is 482 g/mol. The van der Waals surface area contributed by atoms with E-state index in [1.807, 2.05) is 24.3 Å². The quantitative estimate of drug-likeness (QED) is 0.540. The summed E-state index contributed by atoms with van der Waals surface area (Å²) in [7, 11) is 0. The SMILES string of the molecule is O=C(Nc1ccccc1C(=O)N1CCOCC1)C1CCCN(Cc2nc(-c3ccc(Cl)cc3)no2)C1. The number of likely N-dealkylation sites (tertiary alicyclic amines) is 1. The van der Waals surface area contributed by atoms with Gasteiger partial charge in [0.15, 0.2) is 0 Å². The molecule has 1 N–H and O–H groups in total. The fraction of sp³-hybridized carbons (Fsp3) is 0.385. The Kier molecular flexibility index (Phi) is 7.60. The second-order valence-electron chi connectivity index (χ2n) is 9.03. The third-order valence-electron chi connectivity index (χ3n) is 6.52. The molecule has 1 unspecified atom stereocenters. The lowest BCUT2D eigenvalue weighted by Crippen LogP contribution is -2.42. The third-order valence-corrected chi connectivity index (χ3v) is 6.77. The van der Waals surface area contributed by atoms with E-state index in [0.29, 0.717) is 67.4 Å². The van der Waals surface area contributed by atoms with Gasteiger partial charge in [-0.1, -0.05) is 28.9 Å². The van der Waals surface area contributed by atoms with E-state index in [0.717, 1.165) is 24.9 Å². The Morgan fingerprint density at radius 3 is 2.64 bits per heavy atom. The summed E-state index contributed by atoms with van der Waals surface area (Å²) in [6, 6.07) is 14.4. The molecule has 0 spiro atoms. The van der Waals surface area contributed by atoms with Crippen LogP contribution >= 0.6 is 11.6 Å². The van der Waals surface area contributed by atoms with E-state index in [-0.39, 0.29) is 17.7 Å². The van der Waals surface area contributed by atoms with Crippen molar-refractivity contribution in [2.45, 2.75) is 19.4 Å². The lowest BCUT2D eigenvalue weighted by Gasteiger charge is -2.31. The summed E-state index contributed by atoms with van der Waals surface area (Å²) in [5, 5.41) is 7.73. The molecule has 36 heavy (non-hydrogen) atoms. The normalized spacial score (nSPS) is 18.7. The third kappa shape index (κ3) is 5.75. The van der Waals surface area contributed by atoms with Crippen molar-refractivity contribution < 1.29 is 18.8 Å². The van der Waals surface area contributed by atoms with Crippen LogP contribution in [0.25, 0.3) is 11.4 Å². The molecule has 2 aliphatic heterocycles. The molecule has 10 heteroatoms. The first kappa shape index (κ1) is 24.4. The molecule has 188 valence electrons. The number of anilines is 1. The topological polar surface area (TPSA) is 101 Å². The number of para-hydroxylation sites is 1. The van der Waals surface area contributed by atoms with Crippen LogP contribution in [0.2, 0.25) is 5.02 Å². The van der Waals surface area contributed by atoms with Crippen LogP contribution in [0.15, 0.2) is 53.1 Å². The average Bonchev–Trinajstić information content (AvgIpc) is 3.38. The highest BCUT2D eigenvalue weighted by Crippen LogP contribution is 2.24. The van der Waals surface area contributed by atoms with Crippen LogP contribution < -0.4 is 5.32 Å². The number of halogens is 1. The molecule has 2 amide bonds. The number of rotatable bonds is 6. The second kappa shape index (κ2) is 11.2. The van der Waals surface area contributed by atoms with E-state index in [4.69, 9.17) is 20.9 Å². The van der Waals surface area contributed by atoms with Gasteiger partial charge in [0.2, 0.25) is 17.6 Å². The maximum absolute atomic E-state index is 13.2. The summed E-state index contributed by atoms with van der Waals surface area (Å²) < 4.78 is 10.8. The first-order chi connectivity index (χ1) is 17.6. The highest BCUT2D eigenvalue weighted by Gasteiger charge is 2.28. The van der Waals surface area contributed by atoms with Gasteiger partial charge in [-0.15, -0.1) is 0 Å². The maximum Gasteiger partial charge on any atom is 0.256 e. The average molecular weight is 510 g/mol. The van der Waals surface area contributed by atoms with Gasteiger partial charge in [-0.2, -0.15) is 4.98 Å². The summed E-state index contributed by atoms with van der Waals surface area (Å²) >= 11 is 5.96. The van der Waals surface area contributed by atoms with Crippen molar-refractivity contribution in [2.24, 2.45) is 5.92 Å². The number of nitrogens with one attached hydrogen (secondary N) is 1. The van der Waals surface area contributed by atoms with Gasteiger partial charge in [0, 0.05) is 30.2 Å². The number of nitrogens with zero attached hydrogens (tertiary/aromatic N) is 4. The summed E-state index contributed by atoms with van der Waals surface area (Å²) in [6.45, 7) is 4.04. The standard InChI is InChI=1S/C26H28ClN5O4/c27-20-9-7-18(8-10-20)24-29-23(36-30-24)17-31-11-3-4-19(16-31)25(33)28-22-6-2-1-5-21(22)26(34)32-12-14-35-15-13-32/h1-2,5-10,19H,3-4,11-17H2,(H,28,33). The number of piperidine rings is 1. The number of aromatic nitrogens is 2. The highest BCUT2D eigenvalue weighted by molar-refractivity contribution is 6.30. The molecule has 0 aliphatic carbocycles. The molecule has 1 aromatic heterocycles. The number of morpholine rings is 1. The Bertz CT molecular complexity index is 1210. The Balaban J connectivity index is 1.21. The van der Waals surface area contributed by atoms with Gasteiger partial charge in [0.05, 0.1) is 36.9 Å². The molecule has 0 radical (unpaired) electrons. The van der Waals surface area contributed by atoms with E-state index < -0.39 is 0 Å². The van der Waals surface area contributed by atoms with Crippen molar-refractivity contribution >= 4 is 29.1 Å². The molecule has 1 atom stereocenters. The number of amides is 2. The Morgan fingerprint density at radius 1 is 1.06 bits per heavy atom. The molecule has 0 saturated carbocycles. The smallest absolute Gasteiger partial charge is 0.256 e. The van der Waals surface area contributed by atoms with Crippen molar-refractivity contribution in [2.75, 3.05) is 44.7 Å². The van der Waals surface area contributed by atoms with Crippen LogP contribution in [0.3, 0.4) is 0 Å². The van der Waals surface area contributed by atoms with Crippen LogP contribution in [-0.2, 0) is 16.1 Å². The van der Waals surface area contributed by atoms with Gasteiger partial charge in [-0.25, -0.2) is 0 Å². The zero-order valence-corrected chi connectivity index (χ0v) is 20.6. The summed E-state index contributed by atoms with van der Waals surface area (Å²) in [4.78, 5) is 34.6. The molecule has 5 rings (SSSR count). The summed E-state index contributed by atoms with van der Waals surface area (Å²) in [5.41, 5.74) is 1.87. The van der Waals surface area contributed by atoms with E-state index in [9.17, 15) is 9.59 Å². The number of carbonyl (C=O) groups is 2. The van der Waals surface area contributed by atoms with E-state index in [1.54, 1.807) is 29.2 Å². The number of benzene rings is 2. The number of hydrogen-bond acceptors (Lipinski definition) is 7. The summed E-state index contributed by atoms with van der Waals surface area (Å²) in [5.74, 6) is 0.627. The van der Waals surface area contributed by atoms with Gasteiger partial charge in [-0.3, -0.25) is 14.5 Å². The molecule has 2 saturated heterocycles. The van der Waals surface area contributed by atoms with Gasteiger partial charge in [0.25, 0.3) is 5.91 Å². The highest BCUT2D eigenvalue weighted by atomic mass is 35.5. The fourth-order valence-corrected chi connectivity index (χ4v) is 4.72. The Hall–Kier alpha value is -3.27. The van der Waals surface area contributed by atoms with Crippen LogP contribution in [0.4, 0.5) is 5.69 Å². The fourth-order valence-electron chi connectivity index (χ4n) is 4.59. The predicted octanol–water partition coefficient (Wildman–Crippen LogP) is 3.71. The van der Waals surface area contributed by atoms with Gasteiger partial charge >= 0.3 is 0 Å². The van der Waals surface area contributed by atoms with Gasteiger partial charge in [0.1, 0.15) is 0 Å². The van der Waals surface area contributed by atoms with Gasteiger partial charge in [-0.05, 0) is 55.8 Å². The van der Waals surface area contributed by atoms with Crippen molar-refractivity contribution in [1.29, 1.82) is 0 Å². The van der Waals surface area contributed by atoms with Crippen LogP contribution in [0, 0.1) is 5.92 Å². The van der Waals surface area contributed by atoms with Crippen molar-refractivity contribution in [1.82, 2.24) is 19.9 Å². The molecule has 0 bridgehead atoms. The van der Waals surface area contributed by atoms with Gasteiger partial charge < -0.3 is 19.5 Å². The zero-order valence-electron chi connectivity index (χ0n) is 19.9. The molecular formula is C26H28ClN5O4. The minimum atomic E-state index is -0.205. The minimum absolute atomic E-state index is 0.0886. The largest absolute Gasteiger partial charge is 0.378 e. The van der Waals surface area contributed by atoms with Crippen molar-refractivity contribution in [3.05, 3.63) is 65.0 Å². The maximum atomic E-state index is 13.2. The number of hydrogen-bond donors (Lipinski definition) is 1. The Labute approximate surface area is 214 Å². The van der Waals surface area contributed by atoms with Crippen LogP contribution in [-0.4, -0.2) is 71.1 Å². The lowest BCUT2D eigenvalue weighted by atomic mass is 9.96. The molecule has 3 aromatic rings. The first-order valence-electron chi connectivity index (χ1n) is 12.1. The molecule has 2 aromatic carbocycles. The predicted molar refractivity (Wildman–Crippen MR) is 135 cm³/mol. The first-order valence-corrected chi connectivity index (χ1v) is 12.5. The molecule has 2 aliphatic rings. The van der Waals surface area contributed by atoms with E-state index in [1.165, 1.54) is 0 Å². The summed E-state index contributed by atoms with van der Waals surface area (Å²) in [6.07, 6.45) is 1.66. The van der Waals surface area contributed by atoms with Crippen LogP contribution in [0.5, 0.6) is 0 Å². The van der Waals surface area contributed by atoms with Crippen molar-refractivity contribution in [3.8, 4) is 11.4 Å². The molecule has 2 fully saturated rings. The minimum Gasteiger partial charge on any atom is -0.378 e. The second-order valence-corrected chi connectivity index (χ2v) is 9.47. The zero-order chi connectivity index (χ0) is 24.9.